The molecule has 0 saturated carbocycles. The molecule has 0 aromatic heterocycles. The molecule has 1 aliphatic heterocycles. The molecule has 1 heterocycles. The van der Waals surface area contributed by atoms with Crippen molar-refractivity contribution in [3.05, 3.63) is 33.9 Å². The third-order valence-electron chi connectivity index (χ3n) is 4.37. The van der Waals surface area contributed by atoms with Gasteiger partial charge in [0, 0.05) is 20.4 Å². The molecule has 5 nitrogen and oxygen atoms in total. The van der Waals surface area contributed by atoms with Crippen LogP contribution in [0.5, 0.6) is 5.75 Å². The molecule has 0 aliphatic carbocycles. The second-order valence-electron chi connectivity index (χ2n) is 8.00. The van der Waals surface area contributed by atoms with Crippen LogP contribution in [0.1, 0.15) is 40.5 Å². The molecule has 1 aliphatic rings. The third kappa shape index (κ3) is 5.29. The van der Waals surface area contributed by atoms with Gasteiger partial charge in [0.05, 0.1) is 31.5 Å². The molecule has 1 atom stereocenters. The highest BCUT2D eigenvalue weighted by Gasteiger charge is 2.33. The number of carbonyl (C=O) groups excluding carboxylic acids is 1. The molecule has 1 saturated heterocycles. The number of benzene rings is 2. The topological polar surface area (TPSA) is 51.3 Å². The summed E-state index contributed by atoms with van der Waals surface area (Å²) in [6.45, 7) is 9.56. The molecule has 2 aromatic rings. The van der Waals surface area contributed by atoms with Gasteiger partial charge in [0.25, 0.3) is 0 Å². The minimum Gasteiger partial charge on any atom is -0.493 e. The van der Waals surface area contributed by atoms with E-state index in [0.717, 1.165) is 38.6 Å². The van der Waals surface area contributed by atoms with Crippen LogP contribution in [0.4, 0.5) is 10.5 Å². The van der Waals surface area contributed by atoms with Crippen molar-refractivity contribution in [3.8, 4) is 5.75 Å². The summed E-state index contributed by atoms with van der Waals surface area (Å²) in [5.41, 5.74) is 0.234. The predicted octanol–water partition coefficient (Wildman–Crippen LogP) is 5.76. The zero-order valence-electron chi connectivity index (χ0n) is 17.0. The normalized spacial score (nSPS) is 16.1. The molecule has 0 spiro atoms. The summed E-state index contributed by atoms with van der Waals surface area (Å²) < 4.78 is 18.2. The maximum Gasteiger partial charge on any atom is 0.414 e. The van der Waals surface area contributed by atoms with Crippen molar-refractivity contribution in [2.24, 2.45) is 0 Å². The number of amides is 1. The van der Waals surface area contributed by atoms with Gasteiger partial charge in [-0.05, 0) is 49.8 Å². The molecule has 6 heteroatoms. The van der Waals surface area contributed by atoms with Gasteiger partial charge in [-0.1, -0.05) is 37.6 Å². The van der Waals surface area contributed by atoms with Gasteiger partial charge in [0.1, 0.15) is 11.4 Å². The van der Waals surface area contributed by atoms with Crippen LogP contribution in [-0.2, 0) is 9.47 Å². The van der Waals surface area contributed by atoms with E-state index in [1.807, 2.05) is 39.0 Å². The van der Waals surface area contributed by atoms with Gasteiger partial charge in [-0.15, -0.1) is 0 Å². The number of epoxide rings is 1. The Morgan fingerprint density at radius 3 is 2.57 bits per heavy atom. The molecule has 152 valence electrons. The van der Waals surface area contributed by atoms with E-state index in [1.165, 1.54) is 0 Å². The van der Waals surface area contributed by atoms with Gasteiger partial charge < -0.3 is 14.2 Å². The zero-order chi connectivity index (χ0) is 20.3. The number of anilines is 1. The highest BCUT2D eigenvalue weighted by molar-refractivity contribution is 14.1. The van der Waals surface area contributed by atoms with E-state index in [2.05, 4.69) is 41.6 Å². The number of halogens is 1. The Labute approximate surface area is 180 Å². The van der Waals surface area contributed by atoms with Crippen LogP contribution >= 0.6 is 22.6 Å². The first-order valence-corrected chi connectivity index (χ1v) is 10.8. The molecule has 1 fully saturated rings. The van der Waals surface area contributed by atoms with E-state index < -0.39 is 5.60 Å². The van der Waals surface area contributed by atoms with Crippen molar-refractivity contribution >= 4 is 45.1 Å². The van der Waals surface area contributed by atoms with Crippen molar-refractivity contribution in [2.75, 3.05) is 24.7 Å². The molecule has 0 bridgehead atoms. The largest absolute Gasteiger partial charge is 0.493 e. The molecular weight excluding hydrogens is 469 g/mol. The fourth-order valence-corrected chi connectivity index (χ4v) is 3.82. The average Bonchev–Trinajstić information content (AvgIpc) is 3.45. The third-order valence-corrected chi connectivity index (χ3v) is 5.50. The number of fused-ring (bicyclic) bond motifs is 1. The van der Waals surface area contributed by atoms with Crippen LogP contribution in [0.15, 0.2) is 30.3 Å². The van der Waals surface area contributed by atoms with E-state index in [0.29, 0.717) is 19.8 Å². The quantitative estimate of drug-likeness (QED) is 0.277. The summed E-state index contributed by atoms with van der Waals surface area (Å²) in [6, 6.07) is 10.1. The fraction of sp³-hybridized carbons (Fsp3) is 0.500. The minimum atomic E-state index is -0.567. The Kier molecular flexibility index (Phi) is 6.70. The van der Waals surface area contributed by atoms with E-state index in [9.17, 15) is 4.79 Å². The van der Waals surface area contributed by atoms with Crippen LogP contribution in [-0.4, -0.2) is 37.6 Å². The number of ether oxygens (including phenoxy) is 3. The van der Waals surface area contributed by atoms with Crippen molar-refractivity contribution in [1.29, 1.82) is 0 Å². The van der Waals surface area contributed by atoms with Crippen molar-refractivity contribution in [3.63, 3.8) is 0 Å². The van der Waals surface area contributed by atoms with Crippen LogP contribution in [0, 0.1) is 3.57 Å². The molecule has 2 aromatic carbocycles. The maximum atomic E-state index is 13.0. The standard InChI is InChI=1S/C22H28INO4/c1-5-6-11-26-19-12-18(20(23)17-10-8-7-9-16(17)19)24(13-15-14-27-15)21(25)28-22(2,3)4/h7-10,12,15H,5-6,11,13-14H2,1-4H3/t15-/m1/s1. The first-order valence-electron chi connectivity index (χ1n) is 9.76. The summed E-state index contributed by atoms with van der Waals surface area (Å²) >= 11 is 2.31. The summed E-state index contributed by atoms with van der Waals surface area (Å²) in [4.78, 5) is 14.7. The Hall–Kier alpha value is -1.54. The van der Waals surface area contributed by atoms with Crippen LogP contribution < -0.4 is 9.64 Å². The molecule has 0 unspecified atom stereocenters. The lowest BCUT2D eigenvalue weighted by Gasteiger charge is -2.28. The Morgan fingerprint density at radius 1 is 1.29 bits per heavy atom. The van der Waals surface area contributed by atoms with Crippen LogP contribution in [0.25, 0.3) is 10.8 Å². The number of hydrogen-bond acceptors (Lipinski definition) is 4. The van der Waals surface area contributed by atoms with Crippen LogP contribution in [0.3, 0.4) is 0 Å². The number of unbranched alkanes of at least 4 members (excludes halogenated alkanes) is 1. The van der Waals surface area contributed by atoms with Gasteiger partial charge in [-0.2, -0.15) is 0 Å². The van der Waals surface area contributed by atoms with E-state index >= 15 is 0 Å². The highest BCUT2D eigenvalue weighted by Crippen LogP contribution is 2.38. The van der Waals surface area contributed by atoms with E-state index in [1.54, 1.807) is 4.90 Å². The van der Waals surface area contributed by atoms with Crippen molar-refractivity contribution in [2.45, 2.75) is 52.2 Å². The minimum absolute atomic E-state index is 0.0549. The summed E-state index contributed by atoms with van der Waals surface area (Å²) in [5.74, 6) is 0.796. The summed E-state index contributed by atoms with van der Waals surface area (Å²) in [6.07, 6.45) is 1.74. The molecule has 0 N–H and O–H groups in total. The fourth-order valence-electron chi connectivity index (χ4n) is 2.90. The lowest BCUT2D eigenvalue weighted by molar-refractivity contribution is 0.0577. The Bertz CT molecular complexity index is 842. The van der Waals surface area contributed by atoms with Gasteiger partial charge in [0.2, 0.25) is 0 Å². The van der Waals surface area contributed by atoms with Crippen molar-refractivity contribution < 1.29 is 19.0 Å². The maximum absolute atomic E-state index is 13.0. The Morgan fingerprint density at radius 2 is 1.96 bits per heavy atom. The lowest BCUT2D eigenvalue weighted by Crippen LogP contribution is -2.39. The molecule has 28 heavy (non-hydrogen) atoms. The number of nitrogens with zero attached hydrogens (tertiary/aromatic N) is 1. The van der Waals surface area contributed by atoms with Crippen molar-refractivity contribution in [1.82, 2.24) is 0 Å². The first-order chi connectivity index (χ1) is 13.3. The predicted molar refractivity (Wildman–Crippen MR) is 120 cm³/mol. The second kappa shape index (κ2) is 8.86. The average molecular weight is 497 g/mol. The van der Waals surface area contributed by atoms with E-state index in [4.69, 9.17) is 14.2 Å². The van der Waals surface area contributed by atoms with Gasteiger partial charge in [-0.25, -0.2) is 4.79 Å². The first kappa shape index (κ1) is 21.2. The van der Waals surface area contributed by atoms with Gasteiger partial charge in [-0.3, -0.25) is 4.90 Å². The monoisotopic (exact) mass is 497 g/mol. The van der Waals surface area contributed by atoms with E-state index in [-0.39, 0.29) is 12.2 Å². The molecule has 0 radical (unpaired) electrons. The molecule has 3 rings (SSSR count). The number of carbonyl (C=O) groups is 1. The molecule has 1 amide bonds. The SMILES string of the molecule is CCCCOc1cc(N(C[C@@H]2CO2)C(=O)OC(C)(C)C)c(I)c2ccccc12. The number of rotatable bonds is 7. The van der Waals surface area contributed by atoms with Crippen LogP contribution in [0.2, 0.25) is 0 Å². The smallest absolute Gasteiger partial charge is 0.414 e. The van der Waals surface area contributed by atoms with Gasteiger partial charge >= 0.3 is 6.09 Å². The number of hydrogen-bond donors (Lipinski definition) is 0. The second-order valence-corrected chi connectivity index (χ2v) is 9.08. The van der Waals surface area contributed by atoms with Gasteiger partial charge in [0.15, 0.2) is 0 Å². The summed E-state index contributed by atoms with van der Waals surface area (Å²) in [5, 5.41) is 2.12. The Balaban J connectivity index is 2.04. The highest BCUT2D eigenvalue weighted by atomic mass is 127. The lowest BCUT2D eigenvalue weighted by atomic mass is 10.1. The molecular formula is C22H28INO4. The zero-order valence-corrected chi connectivity index (χ0v) is 19.1. The summed E-state index contributed by atoms with van der Waals surface area (Å²) in [7, 11) is 0.